The lowest BCUT2D eigenvalue weighted by atomic mass is 10.0. The Bertz CT molecular complexity index is 1350. The van der Waals surface area contributed by atoms with Gasteiger partial charge < -0.3 is 14.2 Å². The average molecular weight is 458 g/mol. The van der Waals surface area contributed by atoms with E-state index in [1.807, 2.05) is 79.7 Å². The van der Waals surface area contributed by atoms with Crippen molar-refractivity contribution in [2.24, 2.45) is 4.99 Å². The first-order valence-electron chi connectivity index (χ1n) is 10.8. The predicted molar refractivity (Wildman–Crippen MR) is 134 cm³/mol. The summed E-state index contributed by atoms with van der Waals surface area (Å²) in [7, 11) is 4.87. The highest BCUT2D eigenvalue weighted by Gasteiger charge is 2.19. The van der Waals surface area contributed by atoms with Gasteiger partial charge in [0.2, 0.25) is 0 Å². The molecule has 0 saturated heterocycles. The second-order valence-electron chi connectivity index (χ2n) is 7.64. The van der Waals surface area contributed by atoms with Crippen LogP contribution < -0.4 is 19.8 Å². The molecule has 1 aromatic heterocycles. The SMILES string of the molecule is COc1ccc(-c2[nH]n(-c3ccc(OC)cc3)c(=O)c2C(C)=NCc2ccccc2OC)cc1. The van der Waals surface area contributed by atoms with Crippen LogP contribution in [0.25, 0.3) is 16.9 Å². The minimum atomic E-state index is -0.183. The summed E-state index contributed by atoms with van der Waals surface area (Å²) in [5.41, 5.74) is 4.14. The molecule has 0 unspecified atom stereocenters. The topological polar surface area (TPSA) is 77.8 Å². The van der Waals surface area contributed by atoms with Crippen LogP contribution in [0.1, 0.15) is 18.1 Å². The van der Waals surface area contributed by atoms with Crippen molar-refractivity contribution >= 4 is 5.71 Å². The fourth-order valence-corrected chi connectivity index (χ4v) is 3.77. The fraction of sp³-hybridized carbons (Fsp3) is 0.185. The summed E-state index contributed by atoms with van der Waals surface area (Å²) in [4.78, 5) is 18.3. The number of nitrogens with one attached hydrogen (secondary N) is 1. The second-order valence-corrected chi connectivity index (χ2v) is 7.64. The molecule has 7 nitrogen and oxygen atoms in total. The van der Waals surface area contributed by atoms with E-state index in [1.54, 1.807) is 21.3 Å². The summed E-state index contributed by atoms with van der Waals surface area (Å²) < 4.78 is 17.5. The average Bonchev–Trinajstić information content (AvgIpc) is 3.24. The van der Waals surface area contributed by atoms with Gasteiger partial charge in [0.25, 0.3) is 5.56 Å². The number of nitrogens with zero attached hydrogens (tertiary/aromatic N) is 2. The van der Waals surface area contributed by atoms with E-state index >= 15 is 0 Å². The first-order chi connectivity index (χ1) is 16.5. The maximum absolute atomic E-state index is 13.6. The Morgan fingerprint density at radius 2 is 1.47 bits per heavy atom. The predicted octanol–water partition coefficient (Wildman–Crippen LogP) is 4.87. The van der Waals surface area contributed by atoms with Gasteiger partial charge in [0.1, 0.15) is 17.2 Å². The zero-order valence-electron chi connectivity index (χ0n) is 19.7. The van der Waals surface area contributed by atoms with Crippen LogP contribution in [-0.2, 0) is 6.54 Å². The van der Waals surface area contributed by atoms with E-state index < -0.39 is 0 Å². The zero-order valence-corrected chi connectivity index (χ0v) is 19.7. The Labute approximate surface area is 198 Å². The van der Waals surface area contributed by atoms with Crippen molar-refractivity contribution in [3.63, 3.8) is 0 Å². The number of ether oxygens (including phenoxy) is 3. The zero-order chi connectivity index (χ0) is 24.1. The number of para-hydroxylation sites is 1. The molecule has 4 aromatic rings. The molecule has 174 valence electrons. The Hall–Kier alpha value is -4.26. The van der Waals surface area contributed by atoms with Gasteiger partial charge in [0, 0.05) is 16.8 Å². The van der Waals surface area contributed by atoms with Crippen molar-refractivity contribution in [3.8, 4) is 34.2 Å². The van der Waals surface area contributed by atoms with Crippen LogP contribution in [0, 0.1) is 0 Å². The third-order valence-corrected chi connectivity index (χ3v) is 5.64. The van der Waals surface area contributed by atoms with Crippen LogP contribution >= 0.6 is 0 Å². The Morgan fingerprint density at radius 1 is 0.853 bits per heavy atom. The van der Waals surface area contributed by atoms with E-state index in [9.17, 15) is 4.79 Å². The molecule has 0 aliphatic rings. The van der Waals surface area contributed by atoms with Crippen LogP contribution in [0.15, 0.2) is 82.6 Å². The van der Waals surface area contributed by atoms with Crippen molar-refractivity contribution < 1.29 is 14.2 Å². The monoisotopic (exact) mass is 457 g/mol. The van der Waals surface area contributed by atoms with Gasteiger partial charge in [-0.15, -0.1) is 0 Å². The highest BCUT2D eigenvalue weighted by atomic mass is 16.5. The smallest absolute Gasteiger partial charge is 0.280 e. The van der Waals surface area contributed by atoms with Crippen LogP contribution in [0.3, 0.4) is 0 Å². The lowest BCUT2D eigenvalue weighted by Gasteiger charge is -2.07. The van der Waals surface area contributed by atoms with Gasteiger partial charge in [-0.3, -0.25) is 14.9 Å². The van der Waals surface area contributed by atoms with E-state index in [1.165, 1.54) is 4.68 Å². The summed E-state index contributed by atoms with van der Waals surface area (Å²) in [5, 5.41) is 3.28. The summed E-state index contributed by atoms with van der Waals surface area (Å²) in [6.07, 6.45) is 0. The Balaban J connectivity index is 1.81. The Kier molecular flexibility index (Phi) is 6.82. The molecule has 0 fully saturated rings. The standard InChI is InChI=1S/C27H27N3O4/c1-18(28-17-20-7-5-6-8-24(20)34-4)25-26(19-9-13-22(32-2)14-10-19)29-30(27(25)31)21-11-15-23(33-3)16-12-21/h5-16,29H,17H2,1-4H3. The van der Waals surface area contributed by atoms with Crippen molar-refractivity contribution in [3.05, 3.63) is 94.3 Å². The van der Waals surface area contributed by atoms with Gasteiger partial charge in [-0.2, -0.15) is 0 Å². The third kappa shape index (κ3) is 4.59. The van der Waals surface area contributed by atoms with Gasteiger partial charge in [0.05, 0.1) is 44.8 Å². The molecular formula is C27H27N3O4. The van der Waals surface area contributed by atoms with Gasteiger partial charge in [-0.05, 0) is 61.5 Å². The fourth-order valence-electron chi connectivity index (χ4n) is 3.77. The third-order valence-electron chi connectivity index (χ3n) is 5.64. The molecule has 0 bridgehead atoms. The number of H-pyrrole nitrogens is 1. The Morgan fingerprint density at radius 3 is 2.09 bits per heavy atom. The molecule has 0 atom stereocenters. The highest BCUT2D eigenvalue weighted by molar-refractivity contribution is 6.03. The number of aromatic nitrogens is 2. The van der Waals surface area contributed by atoms with Gasteiger partial charge in [-0.25, -0.2) is 4.68 Å². The van der Waals surface area contributed by atoms with Crippen molar-refractivity contribution in [2.45, 2.75) is 13.5 Å². The summed E-state index contributed by atoms with van der Waals surface area (Å²) >= 11 is 0. The molecule has 0 amide bonds. The first kappa shape index (κ1) is 22.9. The van der Waals surface area contributed by atoms with Crippen LogP contribution in [0.5, 0.6) is 17.2 Å². The lowest BCUT2D eigenvalue weighted by Crippen LogP contribution is -2.19. The molecule has 0 spiro atoms. The molecule has 0 aliphatic heterocycles. The number of hydrogen-bond donors (Lipinski definition) is 1. The molecule has 0 aliphatic carbocycles. The molecule has 0 radical (unpaired) electrons. The molecule has 4 rings (SSSR count). The highest BCUT2D eigenvalue weighted by Crippen LogP contribution is 2.25. The summed E-state index contributed by atoms with van der Waals surface area (Å²) in [6.45, 7) is 2.25. The summed E-state index contributed by atoms with van der Waals surface area (Å²) in [6, 6.07) is 22.6. The molecule has 3 aromatic carbocycles. The maximum atomic E-state index is 13.6. The van der Waals surface area contributed by atoms with E-state index in [0.29, 0.717) is 35.0 Å². The van der Waals surface area contributed by atoms with E-state index in [4.69, 9.17) is 19.2 Å². The van der Waals surface area contributed by atoms with Crippen LogP contribution in [0.2, 0.25) is 0 Å². The van der Waals surface area contributed by atoms with E-state index in [0.717, 1.165) is 22.6 Å². The lowest BCUT2D eigenvalue weighted by molar-refractivity contribution is 0.410. The van der Waals surface area contributed by atoms with Gasteiger partial charge in [-0.1, -0.05) is 18.2 Å². The second kappa shape index (κ2) is 10.1. The molecule has 1 heterocycles. The number of rotatable bonds is 8. The number of methoxy groups -OCH3 is 3. The molecule has 0 saturated carbocycles. The number of hydrogen-bond acceptors (Lipinski definition) is 5. The maximum Gasteiger partial charge on any atom is 0.280 e. The number of aliphatic imine (C=N–C) groups is 1. The normalized spacial score (nSPS) is 11.4. The van der Waals surface area contributed by atoms with Gasteiger partial charge >= 0.3 is 0 Å². The number of benzene rings is 3. The largest absolute Gasteiger partial charge is 0.497 e. The minimum absolute atomic E-state index is 0.183. The molecular weight excluding hydrogens is 430 g/mol. The summed E-state index contributed by atoms with van der Waals surface area (Å²) in [5.74, 6) is 2.22. The van der Waals surface area contributed by atoms with Crippen molar-refractivity contribution in [2.75, 3.05) is 21.3 Å². The molecule has 34 heavy (non-hydrogen) atoms. The van der Waals surface area contributed by atoms with Crippen molar-refractivity contribution in [1.29, 1.82) is 0 Å². The number of aromatic amines is 1. The van der Waals surface area contributed by atoms with Crippen LogP contribution in [0.4, 0.5) is 0 Å². The van der Waals surface area contributed by atoms with Crippen molar-refractivity contribution in [1.82, 2.24) is 9.78 Å². The molecule has 1 N–H and O–H groups in total. The molecule has 7 heteroatoms. The minimum Gasteiger partial charge on any atom is -0.497 e. The van der Waals surface area contributed by atoms with Gasteiger partial charge in [0.15, 0.2) is 0 Å². The quantitative estimate of drug-likeness (QED) is 0.383. The first-order valence-corrected chi connectivity index (χ1v) is 10.8. The van der Waals surface area contributed by atoms with E-state index in [-0.39, 0.29) is 5.56 Å². The van der Waals surface area contributed by atoms with E-state index in [2.05, 4.69) is 5.10 Å². The van der Waals surface area contributed by atoms with Crippen LogP contribution in [-0.4, -0.2) is 36.8 Å².